The number of thiazole rings is 1. The summed E-state index contributed by atoms with van der Waals surface area (Å²) >= 11 is 1.28. The largest absolute Gasteiger partial charge is 0.453 e. The first kappa shape index (κ1) is 15.4. The van der Waals surface area contributed by atoms with E-state index in [-0.39, 0.29) is 12.4 Å². The van der Waals surface area contributed by atoms with E-state index in [1.54, 1.807) is 6.92 Å². The molecular formula is C16H17NO3S. The molecule has 0 fully saturated rings. The maximum absolute atomic E-state index is 12.2. The summed E-state index contributed by atoms with van der Waals surface area (Å²) in [7, 11) is 0. The minimum Gasteiger partial charge on any atom is -0.453 e. The van der Waals surface area contributed by atoms with E-state index in [9.17, 15) is 9.59 Å². The van der Waals surface area contributed by atoms with Crippen molar-refractivity contribution in [3.8, 4) is 0 Å². The fourth-order valence-corrected chi connectivity index (χ4v) is 2.84. The third kappa shape index (κ3) is 3.55. The van der Waals surface area contributed by atoms with Crippen LogP contribution in [0.3, 0.4) is 0 Å². The van der Waals surface area contributed by atoms with Gasteiger partial charge in [0.05, 0.1) is 10.7 Å². The first-order valence-electron chi connectivity index (χ1n) is 6.60. The quantitative estimate of drug-likeness (QED) is 0.641. The van der Waals surface area contributed by atoms with Gasteiger partial charge in [-0.05, 0) is 39.3 Å². The molecule has 4 nitrogen and oxygen atoms in total. The molecule has 0 radical (unpaired) electrons. The number of esters is 1. The van der Waals surface area contributed by atoms with Gasteiger partial charge in [0.2, 0.25) is 5.78 Å². The monoisotopic (exact) mass is 303 g/mol. The van der Waals surface area contributed by atoms with Crippen molar-refractivity contribution < 1.29 is 14.3 Å². The number of hydrogen-bond donors (Lipinski definition) is 0. The summed E-state index contributed by atoms with van der Waals surface area (Å²) in [6.07, 6.45) is 0. The van der Waals surface area contributed by atoms with Gasteiger partial charge in [0, 0.05) is 5.56 Å². The third-order valence-electron chi connectivity index (χ3n) is 3.12. The standard InChI is InChI=1S/C16H17NO3S/c1-9-5-6-10(2)13(7-9)14(18)8-20-16(19)15-11(3)17-12(4)21-15/h5-7H,8H2,1-4H3. The molecule has 1 aromatic carbocycles. The predicted molar refractivity (Wildman–Crippen MR) is 82.1 cm³/mol. The van der Waals surface area contributed by atoms with Crippen LogP contribution >= 0.6 is 11.3 Å². The van der Waals surface area contributed by atoms with Crippen molar-refractivity contribution in [2.75, 3.05) is 6.61 Å². The molecule has 0 atom stereocenters. The van der Waals surface area contributed by atoms with Gasteiger partial charge in [-0.3, -0.25) is 4.79 Å². The van der Waals surface area contributed by atoms with Crippen molar-refractivity contribution in [2.24, 2.45) is 0 Å². The average Bonchev–Trinajstić information content (AvgIpc) is 2.77. The van der Waals surface area contributed by atoms with Crippen LogP contribution in [0.2, 0.25) is 0 Å². The lowest BCUT2D eigenvalue weighted by atomic mass is 10.0. The highest BCUT2D eigenvalue weighted by molar-refractivity contribution is 7.13. The first-order valence-corrected chi connectivity index (χ1v) is 7.41. The number of aryl methyl sites for hydroxylation is 4. The Morgan fingerprint density at radius 2 is 1.90 bits per heavy atom. The number of aromatic nitrogens is 1. The van der Waals surface area contributed by atoms with E-state index in [0.717, 1.165) is 16.1 Å². The van der Waals surface area contributed by atoms with Gasteiger partial charge in [0.15, 0.2) is 6.61 Å². The van der Waals surface area contributed by atoms with E-state index in [4.69, 9.17) is 4.74 Å². The van der Waals surface area contributed by atoms with Gasteiger partial charge >= 0.3 is 5.97 Å². The van der Waals surface area contributed by atoms with Gasteiger partial charge in [-0.15, -0.1) is 11.3 Å². The first-order chi connectivity index (χ1) is 9.88. The van der Waals surface area contributed by atoms with E-state index in [2.05, 4.69) is 4.98 Å². The van der Waals surface area contributed by atoms with Crippen molar-refractivity contribution in [3.05, 3.63) is 50.5 Å². The van der Waals surface area contributed by atoms with Crippen LogP contribution in [0, 0.1) is 27.7 Å². The Morgan fingerprint density at radius 3 is 2.52 bits per heavy atom. The molecular weight excluding hydrogens is 286 g/mol. The summed E-state index contributed by atoms with van der Waals surface area (Å²) in [6, 6.07) is 5.65. The van der Waals surface area contributed by atoms with Crippen molar-refractivity contribution in [1.29, 1.82) is 0 Å². The lowest BCUT2D eigenvalue weighted by Gasteiger charge is -2.07. The van der Waals surface area contributed by atoms with E-state index in [0.29, 0.717) is 16.1 Å². The number of carbonyl (C=O) groups is 2. The normalized spacial score (nSPS) is 10.5. The molecule has 1 aromatic heterocycles. The molecule has 0 unspecified atom stereocenters. The maximum Gasteiger partial charge on any atom is 0.350 e. The fourth-order valence-electron chi connectivity index (χ4n) is 2.03. The molecule has 0 aliphatic carbocycles. The molecule has 0 aliphatic rings. The Balaban J connectivity index is 2.06. The zero-order valence-corrected chi connectivity index (χ0v) is 13.3. The molecule has 21 heavy (non-hydrogen) atoms. The van der Waals surface area contributed by atoms with Gasteiger partial charge in [0.25, 0.3) is 0 Å². The zero-order chi connectivity index (χ0) is 15.6. The molecule has 0 spiro atoms. The summed E-state index contributed by atoms with van der Waals surface area (Å²) in [5.74, 6) is -0.680. The summed E-state index contributed by atoms with van der Waals surface area (Å²) in [6.45, 7) is 7.12. The minimum absolute atomic E-state index is 0.191. The van der Waals surface area contributed by atoms with Crippen LogP contribution in [0.15, 0.2) is 18.2 Å². The number of Topliss-reactive ketones (excluding diaryl/α,β-unsaturated/α-hetero) is 1. The second kappa shape index (κ2) is 6.18. The number of rotatable bonds is 4. The molecule has 0 aliphatic heterocycles. The predicted octanol–water partition coefficient (Wildman–Crippen LogP) is 3.42. The Kier molecular flexibility index (Phi) is 4.53. The van der Waals surface area contributed by atoms with Crippen LogP contribution in [0.4, 0.5) is 0 Å². The van der Waals surface area contributed by atoms with Crippen LogP contribution in [-0.2, 0) is 4.74 Å². The molecule has 5 heteroatoms. The minimum atomic E-state index is -0.489. The van der Waals surface area contributed by atoms with Gasteiger partial charge in [-0.1, -0.05) is 17.7 Å². The number of hydrogen-bond acceptors (Lipinski definition) is 5. The van der Waals surface area contributed by atoms with Gasteiger partial charge < -0.3 is 4.74 Å². The Hall–Kier alpha value is -2.01. The molecule has 0 saturated carbocycles. The summed E-state index contributed by atoms with van der Waals surface area (Å²) in [5.41, 5.74) is 3.12. The van der Waals surface area contributed by atoms with E-state index >= 15 is 0 Å². The van der Waals surface area contributed by atoms with Crippen molar-refractivity contribution in [1.82, 2.24) is 4.98 Å². The van der Waals surface area contributed by atoms with Crippen LogP contribution in [0.5, 0.6) is 0 Å². The number of ketones is 1. The Labute approximate surface area is 127 Å². The highest BCUT2D eigenvalue weighted by atomic mass is 32.1. The van der Waals surface area contributed by atoms with E-state index in [1.807, 2.05) is 39.0 Å². The van der Waals surface area contributed by atoms with Crippen molar-refractivity contribution in [2.45, 2.75) is 27.7 Å². The second-order valence-corrected chi connectivity index (χ2v) is 6.17. The summed E-state index contributed by atoms with van der Waals surface area (Å²) in [4.78, 5) is 28.8. The fraction of sp³-hybridized carbons (Fsp3) is 0.312. The second-order valence-electron chi connectivity index (χ2n) is 4.97. The number of benzene rings is 1. The molecule has 1 heterocycles. The highest BCUT2D eigenvalue weighted by Crippen LogP contribution is 2.18. The zero-order valence-electron chi connectivity index (χ0n) is 12.5. The molecule has 0 N–H and O–H groups in total. The average molecular weight is 303 g/mol. The van der Waals surface area contributed by atoms with E-state index < -0.39 is 5.97 Å². The number of carbonyl (C=O) groups excluding carboxylic acids is 2. The van der Waals surface area contributed by atoms with Gasteiger partial charge in [-0.2, -0.15) is 0 Å². The lowest BCUT2D eigenvalue weighted by Crippen LogP contribution is -2.15. The Bertz CT molecular complexity index is 704. The number of ether oxygens (including phenoxy) is 1. The van der Waals surface area contributed by atoms with Crippen molar-refractivity contribution in [3.63, 3.8) is 0 Å². The van der Waals surface area contributed by atoms with Crippen molar-refractivity contribution >= 4 is 23.1 Å². The molecule has 110 valence electrons. The Morgan fingerprint density at radius 1 is 1.19 bits per heavy atom. The summed E-state index contributed by atoms with van der Waals surface area (Å²) < 4.78 is 5.12. The smallest absolute Gasteiger partial charge is 0.350 e. The van der Waals surface area contributed by atoms with E-state index in [1.165, 1.54) is 11.3 Å². The number of nitrogens with zero attached hydrogens (tertiary/aromatic N) is 1. The van der Waals surface area contributed by atoms with Crippen LogP contribution < -0.4 is 0 Å². The van der Waals surface area contributed by atoms with Gasteiger partial charge in [0.1, 0.15) is 4.88 Å². The third-order valence-corrected chi connectivity index (χ3v) is 4.17. The summed E-state index contributed by atoms with van der Waals surface area (Å²) in [5, 5.41) is 0.806. The molecule has 0 bridgehead atoms. The van der Waals surface area contributed by atoms with Crippen LogP contribution in [-0.4, -0.2) is 23.3 Å². The highest BCUT2D eigenvalue weighted by Gasteiger charge is 2.18. The van der Waals surface area contributed by atoms with Crippen LogP contribution in [0.1, 0.15) is 41.9 Å². The van der Waals surface area contributed by atoms with Gasteiger partial charge in [-0.25, -0.2) is 9.78 Å². The lowest BCUT2D eigenvalue weighted by molar-refractivity contribution is 0.0478. The SMILES string of the molecule is Cc1ccc(C)c(C(=O)COC(=O)c2sc(C)nc2C)c1. The molecule has 2 aromatic rings. The topological polar surface area (TPSA) is 56.3 Å². The molecule has 0 saturated heterocycles. The van der Waals surface area contributed by atoms with Crippen LogP contribution in [0.25, 0.3) is 0 Å². The molecule has 0 amide bonds. The molecule has 2 rings (SSSR count). The maximum atomic E-state index is 12.2.